The van der Waals surface area contributed by atoms with Crippen LogP contribution in [0.2, 0.25) is 0 Å². The summed E-state index contributed by atoms with van der Waals surface area (Å²) in [6.07, 6.45) is 6.60. The average molecular weight is 344 g/mol. The van der Waals surface area contributed by atoms with E-state index in [9.17, 15) is 5.11 Å². The van der Waals surface area contributed by atoms with Crippen LogP contribution in [0.1, 0.15) is 32.1 Å². The summed E-state index contributed by atoms with van der Waals surface area (Å²) in [6.45, 7) is 4.72. The summed E-state index contributed by atoms with van der Waals surface area (Å²) in [5.41, 5.74) is 1.01. The van der Waals surface area contributed by atoms with E-state index in [1.54, 1.807) is 23.5 Å². The van der Waals surface area contributed by atoms with Crippen molar-refractivity contribution in [3.63, 3.8) is 0 Å². The van der Waals surface area contributed by atoms with Crippen LogP contribution < -0.4 is 4.90 Å². The Morgan fingerprint density at radius 3 is 2.33 bits per heavy atom. The Labute approximate surface area is 146 Å². The van der Waals surface area contributed by atoms with E-state index >= 15 is 0 Å². The van der Waals surface area contributed by atoms with Gasteiger partial charge >= 0.3 is 0 Å². The molecule has 0 radical (unpaired) electrons. The van der Waals surface area contributed by atoms with Gasteiger partial charge in [0.1, 0.15) is 10.8 Å². The van der Waals surface area contributed by atoms with E-state index in [2.05, 4.69) is 20.0 Å². The van der Waals surface area contributed by atoms with E-state index in [-0.39, 0.29) is 5.75 Å². The topological polar surface area (TPSA) is 52.5 Å². The smallest absolute Gasteiger partial charge is 0.208 e. The van der Waals surface area contributed by atoms with Gasteiger partial charge in [0.05, 0.1) is 0 Å². The van der Waals surface area contributed by atoms with Gasteiger partial charge in [-0.25, -0.2) is 0 Å². The first-order valence-electron chi connectivity index (χ1n) is 8.91. The van der Waals surface area contributed by atoms with Crippen LogP contribution in [0.25, 0.3) is 10.6 Å². The second-order valence-electron chi connectivity index (χ2n) is 6.75. The van der Waals surface area contributed by atoms with E-state index in [0.29, 0.717) is 0 Å². The average Bonchev–Trinajstić information content (AvgIpc) is 3.13. The molecule has 0 aliphatic carbocycles. The maximum Gasteiger partial charge on any atom is 0.208 e. The molecular weight excluding hydrogens is 320 g/mol. The van der Waals surface area contributed by atoms with Crippen LogP contribution in [0.5, 0.6) is 5.75 Å². The highest BCUT2D eigenvalue weighted by atomic mass is 32.1. The molecule has 0 saturated carbocycles. The Morgan fingerprint density at radius 1 is 0.917 bits per heavy atom. The lowest BCUT2D eigenvalue weighted by Crippen LogP contribution is -2.46. The van der Waals surface area contributed by atoms with Crippen molar-refractivity contribution in [3.8, 4) is 16.3 Å². The van der Waals surface area contributed by atoms with Gasteiger partial charge in [-0.2, -0.15) is 0 Å². The SMILES string of the molecule is Oc1ccc(-c2nnc(N3CCC(N4CCCCC4)CC3)s2)cc1. The Hall–Kier alpha value is -1.66. The highest BCUT2D eigenvalue weighted by Crippen LogP contribution is 2.31. The fourth-order valence-corrected chi connectivity index (χ4v) is 4.67. The molecule has 2 fully saturated rings. The molecule has 24 heavy (non-hydrogen) atoms. The minimum absolute atomic E-state index is 0.281. The quantitative estimate of drug-likeness (QED) is 0.925. The Kier molecular flexibility index (Phi) is 4.67. The predicted molar refractivity (Wildman–Crippen MR) is 97.7 cm³/mol. The number of benzene rings is 1. The van der Waals surface area contributed by atoms with Gasteiger partial charge in [0.25, 0.3) is 0 Å². The van der Waals surface area contributed by atoms with Gasteiger partial charge in [0, 0.05) is 24.7 Å². The minimum Gasteiger partial charge on any atom is -0.508 e. The monoisotopic (exact) mass is 344 g/mol. The Morgan fingerprint density at radius 2 is 1.62 bits per heavy atom. The lowest BCUT2D eigenvalue weighted by Gasteiger charge is -2.40. The van der Waals surface area contributed by atoms with Gasteiger partial charge in [-0.1, -0.05) is 17.8 Å². The molecule has 2 saturated heterocycles. The molecule has 0 amide bonds. The Bertz CT molecular complexity index is 658. The molecule has 1 aromatic heterocycles. The first-order chi connectivity index (χ1) is 11.8. The second kappa shape index (κ2) is 7.07. The van der Waals surface area contributed by atoms with Crippen molar-refractivity contribution in [2.45, 2.75) is 38.1 Å². The van der Waals surface area contributed by atoms with Crippen molar-refractivity contribution in [1.82, 2.24) is 15.1 Å². The maximum atomic E-state index is 9.40. The first kappa shape index (κ1) is 15.8. The zero-order valence-corrected chi connectivity index (χ0v) is 14.7. The number of aromatic hydroxyl groups is 1. The highest BCUT2D eigenvalue weighted by molar-refractivity contribution is 7.18. The number of piperidine rings is 2. The van der Waals surface area contributed by atoms with Gasteiger partial charge in [0.15, 0.2) is 0 Å². The number of likely N-dealkylation sites (tertiary alicyclic amines) is 1. The zero-order valence-electron chi connectivity index (χ0n) is 13.9. The van der Waals surface area contributed by atoms with Crippen LogP contribution >= 0.6 is 11.3 Å². The van der Waals surface area contributed by atoms with Crippen molar-refractivity contribution >= 4 is 16.5 Å². The van der Waals surface area contributed by atoms with Crippen molar-refractivity contribution in [2.75, 3.05) is 31.1 Å². The number of anilines is 1. The number of hydrogen-bond acceptors (Lipinski definition) is 6. The van der Waals surface area contributed by atoms with Gasteiger partial charge in [0.2, 0.25) is 5.13 Å². The third-order valence-electron chi connectivity index (χ3n) is 5.17. The summed E-state index contributed by atoms with van der Waals surface area (Å²) in [5, 5.41) is 20.1. The number of phenols is 1. The summed E-state index contributed by atoms with van der Waals surface area (Å²) < 4.78 is 0. The number of phenolic OH excluding ortho intramolecular Hbond substituents is 1. The van der Waals surface area contributed by atoms with Gasteiger partial charge in [-0.3, -0.25) is 0 Å². The van der Waals surface area contributed by atoms with Crippen LogP contribution in [0.4, 0.5) is 5.13 Å². The Balaban J connectivity index is 1.38. The fraction of sp³-hybridized carbons (Fsp3) is 0.556. The number of hydrogen-bond donors (Lipinski definition) is 1. The van der Waals surface area contributed by atoms with Crippen molar-refractivity contribution in [1.29, 1.82) is 0 Å². The maximum absolute atomic E-state index is 9.40. The van der Waals surface area contributed by atoms with Crippen molar-refractivity contribution < 1.29 is 5.11 Å². The largest absolute Gasteiger partial charge is 0.508 e. The van der Waals surface area contributed by atoms with Crippen LogP contribution in [-0.2, 0) is 0 Å². The van der Waals surface area contributed by atoms with Crippen molar-refractivity contribution in [3.05, 3.63) is 24.3 Å². The third-order valence-corrected chi connectivity index (χ3v) is 6.20. The lowest BCUT2D eigenvalue weighted by molar-refractivity contribution is 0.141. The molecule has 6 heteroatoms. The molecule has 2 aliphatic rings. The van der Waals surface area contributed by atoms with E-state index in [1.165, 1.54) is 45.2 Å². The molecular formula is C18H24N4OS. The number of aromatic nitrogens is 2. The predicted octanol–water partition coefficient (Wildman–Crippen LogP) is 3.37. The second-order valence-corrected chi connectivity index (χ2v) is 7.71. The summed E-state index contributed by atoms with van der Waals surface area (Å²) in [7, 11) is 0. The number of rotatable bonds is 3. The number of nitrogens with zero attached hydrogens (tertiary/aromatic N) is 4. The van der Waals surface area contributed by atoms with E-state index < -0.39 is 0 Å². The summed E-state index contributed by atoms with van der Waals surface area (Å²) in [4.78, 5) is 5.07. The highest BCUT2D eigenvalue weighted by Gasteiger charge is 2.27. The van der Waals surface area contributed by atoms with Crippen LogP contribution in [-0.4, -0.2) is 52.4 Å². The standard InChI is InChI=1S/C18H24N4OS/c23-16-6-4-14(5-7-16)17-19-20-18(24-17)22-12-8-15(9-13-22)21-10-2-1-3-11-21/h4-7,15,23H,1-3,8-13H2. The van der Waals surface area contributed by atoms with Gasteiger partial charge in [-0.15, -0.1) is 10.2 Å². The minimum atomic E-state index is 0.281. The van der Waals surface area contributed by atoms with E-state index in [1.807, 2.05) is 12.1 Å². The fourth-order valence-electron chi connectivity index (χ4n) is 3.77. The molecule has 0 atom stereocenters. The van der Waals surface area contributed by atoms with Gasteiger partial charge < -0.3 is 14.9 Å². The third kappa shape index (κ3) is 3.39. The van der Waals surface area contributed by atoms with Crippen LogP contribution in [0.3, 0.4) is 0 Å². The van der Waals surface area contributed by atoms with Crippen LogP contribution in [0, 0.1) is 0 Å². The molecule has 1 N–H and O–H groups in total. The molecule has 4 rings (SSSR count). The van der Waals surface area contributed by atoms with Gasteiger partial charge in [-0.05, 0) is 63.0 Å². The molecule has 2 aromatic rings. The molecule has 5 nitrogen and oxygen atoms in total. The molecule has 0 bridgehead atoms. The lowest BCUT2D eigenvalue weighted by atomic mass is 10.0. The van der Waals surface area contributed by atoms with E-state index in [4.69, 9.17) is 0 Å². The summed E-state index contributed by atoms with van der Waals surface area (Å²) in [5.74, 6) is 0.281. The summed E-state index contributed by atoms with van der Waals surface area (Å²) in [6, 6.07) is 7.93. The molecule has 3 heterocycles. The first-order valence-corrected chi connectivity index (χ1v) is 9.73. The van der Waals surface area contributed by atoms with E-state index in [0.717, 1.165) is 34.8 Å². The molecule has 0 unspecified atom stereocenters. The molecule has 2 aliphatic heterocycles. The molecule has 128 valence electrons. The normalized spacial score (nSPS) is 20.4. The summed E-state index contributed by atoms with van der Waals surface area (Å²) >= 11 is 1.64. The van der Waals surface area contributed by atoms with Crippen molar-refractivity contribution in [2.24, 2.45) is 0 Å². The molecule has 0 spiro atoms. The van der Waals surface area contributed by atoms with Crippen LogP contribution in [0.15, 0.2) is 24.3 Å². The zero-order chi connectivity index (χ0) is 16.4. The molecule has 1 aromatic carbocycles.